The molecular formula is C18H16N2O8. The van der Waals surface area contributed by atoms with Crippen LogP contribution in [0.4, 0.5) is 11.4 Å². The van der Waals surface area contributed by atoms with Gasteiger partial charge in [0, 0.05) is 11.5 Å². The fourth-order valence-corrected chi connectivity index (χ4v) is 2.50. The number of imide groups is 1. The number of rotatable bonds is 4. The molecule has 0 aliphatic carbocycles. The molecule has 2 aromatic carbocycles. The molecule has 0 heterocycles. The number of benzene rings is 2. The van der Waals surface area contributed by atoms with Gasteiger partial charge in [0.2, 0.25) is 0 Å². The van der Waals surface area contributed by atoms with Gasteiger partial charge in [0.05, 0.1) is 29.2 Å². The lowest BCUT2D eigenvalue weighted by Gasteiger charge is -2.20. The summed E-state index contributed by atoms with van der Waals surface area (Å²) in [5, 5.41) is 11.5. The van der Waals surface area contributed by atoms with Crippen molar-refractivity contribution < 1.29 is 33.6 Å². The zero-order valence-corrected chi connectivity index (χ0v) is 15.0. The number of fused-ring (bicyclic) bond motifs is 1. The Labute approximate surface area is 158 Å². The van der Waals surface area contributed by atoms with Crippen LogP contribution >= 0.6 is 0 Å². The van der Waals surface area contributed by atoms with Crippen LogP contribution in [-0.2, 0) is 28.7 Å². The van der Waals surface area contributed by atoms with Crippen molar-refractivity contribution in [2.45, 2.75) is 13.8 Å². The largest absolute Gasteiger partial charge is 0.459 e. The number of amides is 2. The molecule has 28 heavy (non-hydrogen) atoms. The lowest BCUT2D eigenvalue weighted by Crippen LogP contribution is -2.46. The molecule has 2 aromatic rings. The Morgan fingerprint density at radius 1 is 0.893 bits per heavy atom. The number of nitrogens with zero attached hydrogens (tertiary/aromatic N) is 2. The first-order valence-corrected chi connectivity index (χ1v) is 8.21. The molecule has 0 fully saturated rings. The third kappa shape index (κ3) is 3.95. The molecular weight excluding hydrogens is 372 g/mol. The monoisotopic (exact) mass is 388 g/mol. The van der Waals surface area contributed by atoms with E-state index in [4.69, 9.17) is 0 Å². The Morgan fingerprint density at radius 2 is 1.39 bits per heavy atom. The fraction of sp³-hybridized carbons (Fsp3) is 0.222. The summed E-state index contributed by atoms with van der Waals surface area (Å²) in [4.78, 5) is 59.9. The van der Waals surface area contributed by atoms with Crippen LogP contribution in [0.15, 0.2) is 36.4 Å². The van der Waals surface area contributed by atoms with Gasteiger partial charge in [0.1, 0.15) is 0 Å². The molecule has 2 amide bonds. The van der Waals surface area contributed by atoms with Gasteiger partial charge in [0.25, 0.3) is 5.69 Å². The summed E-state index contributed by atoms with van der Waals surface area (Å²) in [6.45, 7) is 2.66. The highest BCUT2D eigenvalue weighted by molar-refractivity contribution is 6.53. The summed E-state index contributed by atoms with van der Waals surface area (Å²) in [6.07, 6.45) is 0. The van der Waals surface area contributed by atoms with E-state index in [1.54, 1.807) is 0 Å². The van der Waals surface area contributed by atoms with E-state index in [0.717, 1.165) is 12.1 Å². The zero-order valence-electron chi connectivity index (χ0n) is 15.0. The number of nitro benzene ring substituents is 1. The first-order chi connectivity index (χ1) is 13.3. The minimum atomic E-state index is -1.42. The molecule has 0 atom stereocenters. The Hall–Kier alpha value is -3.82. The number of non-ortho nitro benzene ring substituents is 1. The molecule has 0 saturated heterocycles. The molecule has 0 aliphatic heterocycles. The van der Waals surface area contributed by atoms with Crippen molar-refractivity contribution in [2.24, 2.45) is 0 Å². The van der Waals surface area contributed by atoms with Crippen molar-refractivity contribution in [2.75, 3.05) is 18.1 Å². The summed E-state index contributed by atoms with van der Waals surface area (Å²) in [5.41, 5.74) is -0.455. The summed E-state index contributed by atoms with van der Waals surface area (Å²) >= 11 is 0. The van der Waals surface area contributed by atoms with Crippen LogP contribution in [-0.4, -0.2) is 41.9 Å². The summed E-state index contributed by atoms with van der Waals surface area (Å²) in [5.74, 6) is -5.55. The topological polar surface area (TPSA) is 133 Å². The second-order valence-electron chi connectivity index (χ2n) is 5.29. The van der Waals surface area contributed by atoms with Gasteiger partial charge in [-0.25, -0.2) is 14.5 Å². The Bertz CT molecular complexity index is 939. The second-order valence-corrected chi connectivity index (χ2v) is 5.29. The highest BCUT2D eigenvalue weighted by Gasteiger charge is 2.36. The van der Waals surface area contributed by atoms with Gasteiger partial charge in [-0.05, 0) is 26.0 Å². The molecule has 2 rings (SSSR count). The van der Waals surface area contributed by atoms with Gasteiger partial charge >= 0.3 is 23.8 Å². The molecule has 0 unspecified atom stereocenters. The number of hydrogen-bond donors (Lipinski definition) is 0. The fourth-order valence-electron chi connectivity index (χ4n) is 2.50. The number of hydrogen-bond acceptors (Lipinski definition) is 8. The number of carbonyl (C=O) groups is 4. The smallest absolute Gasteiger partial charge is 0.397 e. The molecule has 0 saturated carbocycles. The predicted octanol–water partition coefficient (Wildman–Crippen LogP) is 1.73. The minimum absolute atomic E-state index is 0.114. The Morgan fingerprint density at radius 3 is 1.86 bits per heavy atom. The van der Waals surface area contributed by atoms with Crippen molar-refractivity contribution in [1.82, 2.24) is 0 Å². The minimum Gasteiger partial charge on any atom is -0.459 e. The molecule has 0 aliphatic rings. The van der Waals surface area contributed by atoms with Crippen LogP contribution in [0, 0.1) is 10.1 Å². The molecule has 0 radical (unpaired) electrons. The maximum absolute atomic E-state index is 12.5. The maximum atomic E-state index is 12.5. The first-order valence-electron chi connectivity index (χ1n) is 8.21. The van der Waals surface area contributed by atoms with E-state index in [1.165, 1.54) is 38.1 Å². The average molecular weight is 388 g/mol. The summed E-state index contributed by atoms with van der Waals surface area (Å²) in [6, 6.07) is 8.07. The second kappa shape index (κ2) is 8.71. The van der Waals surface area contributed by atoms with Gasteiger partial charge in [-0.15, -0.1) is 0 Å². The van der Waals surface area contributed by atoms with Gasteiger partial charge in [-0.2, -0.15) is 0 Å². The Balaban J connectivity index is 2.70. The van der Waals surface area contributed by atoms with Crippen LogP contribution in [0.25, 0.3) is 10.8 Å². The van der Waals surface area contributed by atoms with E-state index in [0.29, 0.717) is 4.90 Å². The zero-order chi connectivity index (χ0) is 20.8. The summed E-state index contributed by atoms with van der Waals surface area (Å²) < 4.78 is 9.25. The van der Waals surface area contributed by atoms with Crippen LogP contribution in [0.3, 0.4) is 0 Å². The van der Waals surface area contributed by atoms with E-state index < -0.39 is 28.7 Å². The number of ether oxygens (including phenoxy) is 2. The molecule has 0 bridgehead atoms. The van der Waals surface area contributed by atoms with Gasteiger partial charge in [-0.1, -0.05) is 18.2 Å². The molecule has 10 nitrogen and oxygen atoms in total. The van der Waals surface area contributed by atoms with Crippen LogP contribution < -0.4 is 4.90 Å². The SMILES string of the molecule is CCOC(=O)C(=O)N(C(=O)C(=O)OCC)c1ccc([N+](=O)[O-])c2ccccc12. The van der Waals surface area contributed by atoms with Crippen molar-refractivity contribution in [3.8, 4) is 0 Å². The number of carbonyl (C=O) groups excluding carboxylic acids is 4. The van der Waals surface area contributed by atoms with Crippen molar-refractivity contribution >= 4 is 45.9 Å². The van der Waals surface area contributed by atoms with Crippen LogP contribution in [0.1, 0.15) is 13.8 Å². The molecule has 10 heteroatoms. The molecule has 0 N–H and O–H groups in total. The van der Waals surface area contributed by atoms with E-state index in [1.807, 2.05) is 0 Å². The molecule has 146 valence electrons. The van der Waals surface area contributed by atoms with Gasteiger partial charge < -0.3 is 9.47 Å². The standard InChI is InChI=1S/C18H16N2O8/c1-3-27-17(23)15(21)19(16(22)18(24)28-4-2)13-9-10-14(20(25)26)12-8-6-5-7-11(12)13/h5-10H,3-4H2,1-2H3. The van der Waals surface area contributed by atoms with Gasteiger partial charge in [0.15, 0.2) is 0 Å². The number of anilines is 1. The third-order valence-electron chi connectivity index (χ3n) is 3.62. The van der Waals surface area contributed by atoms with E-state index in [-0.39, 0.29) is 35.4 Å². The third-order valence-corrected chi connectivity index (χ3v) is 3.62. The van der Waals surface area contributed by atoms with Crippen LogP contribution in [0.5, 0.6) is 0 Å². The van der Waals surface area contributed by atoms with Crippen molar-refractivity contribution in [3.05, 3.63) is 46.5 Å². The normalized spacial score (nSPS) is 10.2. The highest BCUT2D eigenvalue weighted by atomic mass is 16.6. The first kappa shape index (κ1) is 20.5. The van der Waals surface area contributed by atoms with Crippen LogP contribution in [0.2, 0.25) is 0 Å². The lowest BCUT2D eigenvalue weighted by atomic mass is 10.1. The quantitative estimate of drug-likeness (QED) is 0.335. The average Bonchev–Trinajstić information content (AvgIpc) is 2.68. The predicted molar refractivity (Wildman–Crippen MR) is 96.4 cm³/mol. The highest BCUT2D eigenvalue weighted by Crippen LogP contribution is 2.34. The Kier molecular flexibility index (Phi) is 6.38. The molecule has 0 aromatic heterocycles. The van der Waals surface area contributed by atoms with E-state index in [2.05, 4.69) is 9.47 Å². The van der Waals surface area contributed by atoms with Crippen molar-refractivity contribution in [3.63, 3.8) is 0 Å². The number of nitro groups is 1. The van der Waals surface area contributed by atoms with E-state index in [9.17, 15) is 29.3 Å². The van der Waals surface area contributed by atoms with Gasteiger partial charge in [-0.3, -0.25) is 19.7 Å². The lowest BCUT2D eigenvalue weighted by molar-refractivity contribution is -0.383. The maximum Gasteiger partial charge on any atom is 0.397 e. The summed E-state index contributed by atoms with van der Waals surface area (Å²) in [7, 11) is 0. The number of esters is 2. The van der Waals surface area contributed by atoms with E-state index >= 15 is 0 Å². The van der Waals surface area contributed by atoms with Crippen molar-refractivity contribution in [1.29, 1.82) is 0 Å². The molecule has 0 spiro atoms.